The first kappa shape index (κ1) is 11.9. The molecule has 2 rings (SSSR count). The van der Waals surface area contributed by atoms with Crippen molar-refractivity contribution in [1.82, 2.24) is 4.90 Å². The number of piperidine rings is 1. The number of carbonyl (C=O) groups is 1. The molecule has 1 heterocycles. The van der Waals surface area contributed by atoms with E-state index in [0.717, 1.165) is 31.8 Å². The van der Waals surface area contributed by atoms with Gasteiger partial charge in [0, 0.05) is 6.54 Å². The highest BCUT2D eigenvalue weighted by molar-refractivity contribution is 5.80. The lowest BCUT2D eigenvalue weighted by Gasteiger charge is -2.37. The Morgan fingerprint density at radius 3 is 2.75 bits per heavy atom. The van der Waals surface area contributed by atoms with E-state index in [9.17, 15) is 4.79 Å². The summed E-state index contributed by atoms with van der Waals surface area (Å²) in [5.41, 5.74) is 5.46. The minimum absolute atomic E-state index is 0.0318. The van der Waals surface area contributed by atoms with Crippen LogP contribution in [0.3, 0.4) is 0 Å². The highest BCUT2D eigenvalue weighted by atomic mass is 16.1. The molecule has 16 heavy (non-hydrogen) atoms. The van der Waals surface area contributed by atoms with E-state index >= 15 is 0 Å². The van der Waals surface area contributed by atoms with Gasteiger partial charge in [-0.3, -0.25) is 9.69 Å². The molecule has 3 heteroatoms. The van der Waals surface area contributed by atoms with Gasteiger partial charge in [0.15, 0.2) is 0 Å². The molecule has 0 aromatic carbocycles. The lowest BCUT2D eigenvalue weighted by Crippen LogP contribution is -2.49. The molecular formula is C13H23N2O. The van der Waals surface area contributed by atoms with Gasteiger partial charge in [0.2, 0.25) is 5.91 Å². The van der Waals surface area contributed by atoms with Crippen molar-refractivity contribution in [2.24, 2.45) is 11.7 Å². The molecule has 0 aromatic heterocycles. The summed E-state index contributed by atoms with van der Waals surface area (Å²) in [6.45, 7) is 2.10. The van der Waals surface area contributed by atoms with Gasteiger partial charge in [0.25, 0.3) is 0 Å². The van der Waals surface area contributed by atoms with Crippen LogP contribution in [0.2, 0.25) is 0 Å². The van der Waals surface area contributed by atoms with Crippen molar-refractivity contribution in [2.45, 2.75) is 51.0 Å². The number of hydrogen-bond acceptors (Lipinski definition) is 2. The Kier molecular flexibility index (Phi) is 4.22. The van der Waals surface area contributed by atoms with E-state index in [1.807, 2.05) is 0 Å². The van der Waals surface area contributed by atoms with Gasteiger partial charge in [-0.15, -0.1) is 0 Å². The standard InChI is InChI=1S/C13H23N2O/c14-13(16)12-8-4-5-9-15(12)10-11-6-2-1-3-7-11/h4,11-12H,1-3,5-10H2,(H2,14,16). The number of nitrogens with two attached hydrogens (primary N) is 1. The number of likely N-dealkylation sites (tertiary alicyclic amines) is 1. The lowest BCUT2D eigenvalue weighted by molar-refractivity contribution is -0.124. The summed E-state index contributed by atoms with van der Waals surface area (Å²) in [5.74, 6) is 0.653. The van der Waals surface area contributed by atoms with Crippen molar-refractivity contribution >= 4 is 5.91 Å². The average Bonchev–Trinajstić information content (AvgIpc) is 2.31. The van der Waals surface area contributed by atoms with Crippen molar-refractivity contribution in [3.8, 4) is 0 Å². The fourth-order valence-electron chi connectivity index (χ4n) is 3.05. The Balaban J connectivity index is 1.87. The number of rotatable bonds is 3. The van der Waals surface area contributed by atoms with E-state index in [-0.39, 0.29) is 11.9 Å². The van der Waals surface area contributed by atoms with Gasteiger partial charge in [-0.1, -0.05) is 19.3 Å². The SMILES string of the molecule is NC(=O)C1C[CH]CCN1CC1CCCCC1. The molecule has 1 aliphatic carbocycles. The number of primary amides is 1. The molecule has 0 aromatic rings. The minimum atomic E-state index is -0.147. The Morgan fingerprint density at radius 1 is 1.31 bits per heavy atom. The minimum Gasteiger partial charge on any atom is -0.368 e. The maximum Gasteiger partial charge on any atom is 0.234 e. The van der Waals surface area contributed by atoms with Gasteiger partial charge in [-0.05, 0) is 44.6 Å². The molecule has 3 nitrogen and oxygen atoms in total. The highest BCUT2D eigenvalue weighted by Crippen LogP contribution is 2.26. The Morgan fingerprint density at radius 2 is 2.06 bits per heavy atom. The first-order valence-corrected chi connectivity index (χ1v) is 6.62. The van der Waals surface area contributed by atoms with Crippen LogP contribution in [0.4, 0.5) is 0 Å². The second-order valence-corrected chi connectivity index (χ2v) is 5.23. The van der Waals surface area contributed by atoms with Crippen molar-refractivity contribution in [3.63, 3.8) is 0 Å². The second kappa shape index (κ2) is 5.67. The molecule has 0 spiro atoms. The smallest absolute Gasteiger partial charge is 0.234 e. The average molecular weight is 223 g/mol. The second-order valence-electron chi connectivity index (χ2n) is 5.23. The lowest BCUT2D eigenvalue weighted by atomic mass is 9.88. The van der Waals surface area contributed by atoms with Gasteiger partial charge in [0.1, 0.15) is 0 Å². The third kappa shape index (κ3) is 2.97. The van der Waals surface area contributed by atoms with Crippen LogP contribution in [0.15, 0.2) is 0 Å². The van der Waals surface area contributed by atoms with Gasteiger partial charge in [0.05, 0.1) is 6.04 Å². The molecule has 91 valence electrons. The van der Waals surface area contributed by atoms with Crippen LogP contribution in [0.25, 0.3) is 0 Å². The summed E-state index contributed by atoms with van der Waals surface area (Å²) in [4.78, 5) is 13.7. The third-order valence-electron chi connectivity index (χ3n) is 4.00. The molecule has 1 saturated heterocycles. The molecular weight excluding hydrogens is 200 g/mol. The van der Waals surface area contributed by atoms with Gasteiger partial charge < -0.3 is 5.73 Å². The number of hydrogen-bond donors (Lipinski definition) is 1. The first-order valence-electron chi connectivity index (χ1n) is 6.62. The fourth-order valence-corrected chi connectivity index (χ4v) is 3.05. The Hall–Kier alpha value is -0.570. The molecule has 1 unspecified atom stereocenters. The van der Waals surface area contributed by atoms with Crippen LogP contribution < -0.4 is 5.73 Å². The molecule has 0 bridgehead atoms. The predicted octanol–water partition coefficient (Wildman–Crippen LogP) is 1.72. The first-order chi connectivity index (χ1) is 7.77. The van der Waals surface area contributed by atoms with Crippen molar-refractivity contribution in [1.29, 1.82) is 0 Å². The zero-order chi connectivity index (χ0) is 11.4. The number of amides is 1. The van der Waals surface area contributed by atoms with E-state index < -0.39 is 0 Å². The van der Waals surface area contributed by atoms with Crippen LogP contribution in [0.1, 0.15) is 44.9 Å². The van der Waals surface area contributed by atoms with Gasteiger partial charge in [-0.2, -0.15) is 0 Å². The van der Waals surface area contributed by atoms with Gasteiger partial charge >= 0.3 is 0 Å². The normalized spacial score (nSPS) is 29.1. The number of nitrogens with zero attached hydrogens (tertiary/aromatic N) is 1. The predicted molar refractivity (Wildman–Crippen MR) is 64.7 cm³/mol. The largest absolute Gasteiger partial charge is 0.368 e. The van der Waals surface area contributed by atoms with Crippen LogP contribution in [0.5, 0.6) is 0 Å². The van der Waals surface area contributed by atoms with E-state index in [1.165, 1.54) is 32.1 Å². The molecule has 2 aliphatic rings. The summed E-state index contributed by atoms with van der Waals surface area (Å²) < 4.78 is 0. The monoisotopic (exact) mass is 223 g/mol. The third-order valence-corrected chi connectivity index (χ3v) is 4.00. The molecule has 1 atom stereocenters. The van der Waals surface area contributed by atoms with E-state index in [0.29, 0.717) is 0 Å². The van der Waals surface area contributed by atoms with E-state index in [4.69, 9.17) is 5.73 Å². The molecule has 1 amide bonds. The maximum absolute atomic E-state index is 11.4. The van der Waals surface area contributed by atoms with Gasteiger partial charge in [-0.25, -0.2) is 0 Å². The molecule has 1 saturated carbocycles. The van der Waals surface area contributed by atoms with Crippen LogP contribution in [0, 0.1) is 12.3 Å². The highest BCUT2D eigenvalue weighted by Gasteiger charge is 2.29. The van der Waals surface area contributed by atoms with Crippen molar-refractivity contribution in [3.05, 3.63) is 6.42 Å². The van der Waals surface area contributed by atoms with Crippen LogP contribution in [-0.4, -0.2) is 29.9 Å². The topological polar surface area (TPSA) is 46.3 Å². The number of carbonyl (C=O) groups excluding carboxylic acids is 1. The molecule has 1 radical (unpaired) electrons. The van der Waals surface area contributed by atoms with Crippen LogP contribution in [-0.2, 0) is 4.79 Å². The van der Waals surface area contributed by atoms with Crippen molar-refractivity contribution < 1.29 is 4.79 Å². The zero-order valence-electron chi connectivity index (χ0n) is 10.0. The summed E-state index contributed by atoms with van der Waals surface area (Å²) in [6, 6.07) is -0.0318. The summed E-state index contributed by atoms with van der Waals surface area (Å²) in [5, 5.41) is 0. The summed E-state index contributed by atoms with van der Waals surface area (Å²) in [7, 11) is 0. The molecule has 2 fully saturated rings. The molecule has 2 N–H and O–H groups in total. The quantitative estimate of drug-likeness (QED) is 0.792. The molecule has 1 aliphatic heterocycles. The Labute approximate surface area is 98.4 Å². The van der Waals surface area contributed by atoms with Crippen LogP contribution >= 0.6 is 0 Å². The Bertz CT molecular complexity index is 236. The fraction of sp³-hybridized carbons (Fsp3) is 0.846. The zero-order valence-corrected chi connectivity index (χ0v) is 10.0. The van der Waals surface area contributed by atoms with Crippen molar-refractivity contribution in [2.75, 3.05) is 13.1 Å². The summed E-state index contributed by atoms with van der Waals surface area (Å²) in [6.07, 6.45) is 11.0. The summed E-state index contributed by atoms with van der Waals surface area (Å²) >= 11 is 0. The maximum atomic E-state index is 11.4. The van der Waals surface area contributed by atoms with E-state index in [2.05, 4.69) is 11.3 Å². The van der Waals surface area contributed by atoms with E-state index in [1.54, 1.807) is 0 Å².